The summed E-state index contributed by atoms with van der Waals surface area (Å²) in [5, 5.41) is 2.45. The summed E-state index contributed by atoms with van der Waals surface area (Å²) in [5.41, 5.74) is 0.678. The van der Waals surface area contributed by atoms with Crippen molar-refractivity contribution >= 4 is 23.8 Å². The van der Waals surface area contributed by atoms with Gasteiger partial charge >= 0.3 is 17.9 Å². The fraction of sp³-hybridized carbons (Fsp3) is 0.375. The molecule has 0 saturated carbocycles. The van der Waals surface area contributed by atoms with Crippen LogP contribution in [0, 0.1) is 5.92 Å². The zero-order valence-corrected chi connectivity index (χ0v) is 19.1. The SMILES string of the molecule is COc1ccnc(C(=O)N[C@H]2COC(=O)C(Cc3ccccc3)C[C@H](C)OC2=O)c1OC(C)=O. The second kappa shape index (κ2) is 11.3. The molecule has 1 aliphatic heterocycles. The Morgan fingerprint density at radius 2 is 1.88 bits per heavy atom. The van der Waals surface area contributed by atoms with Crippen molar-refractivity contribution in [3.05, 3.63) is 53.9 Å². The van der Waals surface area contributed by atoms with Gasteiger partial charge < -0.3 is 24.3 Å². The van der Waals surface area contributed by atoms with Crippen LogP contribution in [-0.2, 0) is 30.3 Å². The fourth-order valence-electron chi connectivity index (χ4n) is 3.56. The molecule has 1 aromatic carbocycles. The van der Waals surface area contributed by atoms with Crippen LogP contribution in [0.5, 0.6) is 11.5 Å². The number of hydrogen-bond acceptors (Lipinski definition) is 9. The fourth-order valence-corrected chi connectivity index (χ4v) is 3.56. The Labute approximate surface area is 196 Å². The van der Waals surface area contributed by atoms with Crippen molar-refractivity contribution < 1.29 is 38.1 Å². The zero-order valence-electron chi connectivity index (χ0n) is 19.1. The van der Waals surface area contributed by atoms with Gasteiger partial charge in [0.05, 0.1) is 19.1 Å². The number of cyclic esters (lactones) is 2. The van der Waals surface area contributed by atoms with Gasteiger partial charge in [0.25, 0.3) is 5.91 Å². The van der Waals surface area contributed by atoms with Crippen LogP contribution in [0.2, 0.25) is 0 Å². The number of rotatable bonds is 6. The minimum atomic E-state index is -1.28. The molecule has 2 heterocycles. The highest BCUT2D eigenvalue weighted by Crippen LogP contribution is 2.29. The van der Waals surface area contributed by atoms with Crippen LogP contribution in [0.25, 0.3) is 0 Å². The molecule has 3 atom stereocenters. The molecule has 2 aromatic rings. The molecular formula is C24H26N2O8. The van der Waals surface area contributed by atoms with E-state index in [1.54, 1.807) is 6.92 Å². The third-order valence-electron chi connectivity index (χ3n) is 5.12. The number of hydrogen-bond donors (Lipinski definition) is 1. The number of ether oxygens (including phenoxy) is 4. The van der Waals surface area contributed by atoms with E-state index >= 15 is 0 Å². The van der Waals surface area contributed by atoms with Crippen molar-refractivity contribution in [1.29, 1.82) is 0 Å². The Morgan fingerprint density at radius 3 is 2.56 bits per heavy atom. The van der Waals surface area contributed by atoms with Gasteiger partial charge in [-0.2, -0.15) is 0 Å². The third-order valence-corrected chi connectivity index (χ3v) is 5.12. The lowest BCUT2D eigenvalue weighted by atomic mass is 9.94. The maximum Gasteiger partial charge on any atom is 0.332 e. The summed E-state index contributed by atoms with van der Waals surface area (Å²) in [5.74, 6) is -3.37. The Kier molecular flexibility index (Phi) is 8.18. The molecule has 0 aliphatic carbocycles. The van der Waals surface area contributed by atoms with E-state index in [2.05, 4.69) is 10.3 Å². The van der Waals surface area contributed by atoms with E-state index in [1.807, 2.05) is 30.3 Å². The number of aromatic nitrogens is 1. The summed E-state index contributed by atoms with van der Waals surface area (Å²) in [6.45, 7) is 2.42. The molecule has 0 spiro atoms. The second-order valence-electron chi connectivity index (χ2n) is 7.81. The van der Waals surface area contributed by atoms with Crippen molar-refractivity contribution in [2.75, 3.05) is 13.7 Å². The normalized spacial score (nSPS) is 20.6. The molecule has 1 aromatic heterocycles. The van der Waals surface area contributed by atoms with E-state index in [1.165, 1.54) is 19.4 Å². The Balaban J connectivity index is 1.77. The molecule has 180 valence electrons. The van der Waals surface area contributed by atoms with Crippen LogP contribution in [0.15, 0.2) is 42.6 Å². The number of carbonyl (C=O) groups excluding carboxylic acids is 4. The molecule has 1 amide bonds. The lowest BCUT2D eigenvalue weighted by Gasteiger charge is -2.19. The molecular weight excluding hydrogens is 444 g/mol. The lowest BCUT2D eigenvalue weighted by molar-refractivity contribution is -0.152. The second-order valence-corrected chi connectivity index (χ2v) is 7.81. The third kappa shape index (κ3) is 6.31. The first-order valence-electron chi connectivity index (χ1n) is 10.7. The molecule has 1 saturated heterocycles. The molecule has 1 fully saturated rings. The highest BCUT2D eigenvalue weighted by Gasteiger charge is 2.33. The molecule has 1 unspecified atom stereocenters. The predicted molar refractivity (Wildman–Crippen MR) is 118 cm³/mol. The first-order valence-corrected chi connectivity index (χ1v) is 10.7. The smallest absolute Gasteiger partial charge is 0.332 e. The highest BCUT2D eigenvalue weighted by atomic mass is 16.6. The van der Waals surface area contributed by atoms with Gasteiger partial charge in [0.2, 0.25) is 5.75 Å². The van der Waals surface area contributed by atoms with Crippen LogP contribution in [0.4, 0.5) is 0 Å². The monoisotopic (exact) mass is 470 g/mol. The molecule has 1 N–H and O–H groups in total. The first kappa shape index (κ1) is 24.7. The maximum atomic E-state index is 12.9. The van der Waals surface area contributed by atoms with Crippen molar-refractivity contribution in [2.24, 2.45) is 5.92 Å². The van der Waals surface area contributed by atoms with E-state index in [-0.39, 0.29) is 23.6 Å². The van der Waals surface area contributed by atoms with Crippen LogP contribution in [0.1, 0.15) is 36.3 Å². The summed E-state index contributed by atoms with van der Waals surface area (Å²) >= 11 is 0. The quantitative estimate of drug-likeness (QED) is 0.629. The Bertz CT molecular complexity index is 1060. The number of nitrogens with zero attached hydrogens (tertiary/aromatic N) is 1. The summed E-state index contributed by atoms with van der Waals surface area (Å²) in [7, 11) is 1.34. The number of benzene rings is 1. The van der Waals surface area contributed by atoms with Crippen LogP contribution < -0.4 is 14.8 Å². The Morgan fingerprint density at radius 1 is 1.15 bits per heavy atom. The summed E-state index contributed by atoms with van der Waals surface area (Å²) < 4.78 is 21.0. The minimum Gasteiger partial charge on any atom is -0.493 e. The number of nitrogens with one attached hydrogen (secondary N) is 1. The van der Waals surface area contributed by atoms with Crippen LogP contribution >= 0.6 is 0 Å². The predicted octanol–water partition coefficient (Wildman–Crippen LogP) is 1.85. The molecule has 10 nitrogen and oxygen atoms in total. The number of methoxy groups -OCH3 is 1. The standard InChI is InChI=1S/C24H26N2O8/c1-14-11-17(12-16-7-5-4-6-8-16)23(29)32-13-18(24(30)33-14)26-22(28)20-21(34-15(2)27)19(31-3)9-10-25-20/h4-10,14,17-18H,11-13H2,1-3H3,(H,26,28)/t14-,17?,18-/m0/s1. The van der Waals surface area contributed by atoms with Crippen LogP contribution in [0.3, 0.4) is 0 Å². The molecule has 0 radical (unpaired) electrons. The lowest BCUT2D eigenvalue weighted by Crippen LogP contribution is -2.46. The summed E-state index contributed by atoms with van der Waals surface area (Å²) in [4.78, 5) is 53.8. The molecule has 0 bridgehead atoms. The highest BCUT2D eigenvalue weighted by molar-refractivity contribution is 5.98. The zero-order chi connectivity index (χ0) is 24.7. The van der Waals surface area contributed by atoms with Gasteiger partial charge in [0.1, 0.15) is 6.61 Å². The van der Waals surface area contributed by atoms with Gasteiger partial charge in [-0.05, 0) is 25.3 Å². The van der Waals surface area contributed by atoms with Gasteiger partial charge in [0.15, 0.2) is 17.5 Å². The molecule has 10 heteroatoms. The molecule has 34 heavy (non-hydrogen) atoms. The summed E-state index contributed by atoms with van der Waals surface area (Å²) in [6.07, 6.45) is 1.41. The van der Waals surface area contributed by atoms with Crippen molar-refractivity contribution in [3.63, 3.8) is 0 Å². The van der Waals surface area contributed by atoms with Gasteiger partial charge in [0, 0.05) is 19.2 Å². The van der Waals surface area contributed by atoms with Gasteiger partial charge in [-0.25, -0.2) is 9.78 Å². The van der Waals surface area contributed by atoms with Gasteiger partial charge in [-0.15, -0.1) is 0 Å². The average molecular weight is 470 g/mol. The van der Waals surface area contributed by atoms with E-state index in [4.69, 9.17) is 18.9 Å². The first-order chi connectivity index (χ1) is 16.3. The van der Waals surface area contributed by atoms with E-state index < -0.39 is 48.5 Å². The number of esters is 3. The van der Waals surface area contributed by atoms with Crippen molar-refractivity contribution in [2.45, 2.75) is 38.8 Å². The molecule has 3 rings (SSSR count). The van der Waals surface area contributed by atoms with E-state index in [0.717, 1.165) is 12.5 Å². The summed E-state index contributed by atoms with van der Waals surface area (Å²) in [6, 6.07) is 9.57. The van der Waals surface area contributed by atoms with E-state index in [0.29, 0.717) is 6.42 Å². The number of carbonyl (C=O) groups is 4. The van der Waals surface area contributed by atoms with Crippen molar-refractivity contribution in [1.82, 2.24) is 10.3 Å². The topological polar surface area (TPSA) is 130 Å². The number of pyridine rings is 1. The number of amides is 1. The van der Waals surface area contributed by atoms with Gasteiger partial charge in [-0.3, -0.25) is 14.4 Å². The molecule has 1 aliphatic rings. The largest absolute Gasteiger partial charge is 0.493 e. The van der Waals surface area contributed by atoms with E-state index in [9.17, 15) is 19.2 Å². The van der Waals surface area contributed by atoms with Crippen molar-refractivity contribution in [3.8, 4) is 11.5 Å². The maximum absolute atomic E-state index is 12.9. The van der Waals surface area contributed by atoms with Gasteiger partial charge in [-0.1, -0.05) is 30.3 Å². The minimum absolute atomic E-state index is 0.108. The Hall–Kier alpha value is -3.95. The van der Waals surface area contributed by atoms with Crippen LogP contribution in [-0.4, -0.2) is 54.7 Å². The average Bonchev–Trinajstić information content (AvgIpc) is 2.84.